The van der Waals surface area contributed by atoms with Gasteiger partial charge in [0.2, 0.25) is 6.29 Å². The summed E-state index contributed by atoms with van der Waals surface area (Å²) in [6, 6.07) is 0. The zero-order valence-corrected chi connectivity index (χ0v) is 9.85. The fourth-order valence-corrected chi connectivity index (χ4v) is 1.05. The molecule has 7 heteroatoms. The molecule has 1 N–H and O–H groups in total. The molecule has 0 aliphatic heterocycles. The molecule has 1 atom stereocenters. The predicted octanol–water partition coefficient (Wildman–Crippen LogP) is 1.39. The molecule has 94 valence electrons. The molecule has 0 radical (unpaired) electrons. The van der Waals surface area contributed by atoms with E-state index in [1.165, 1.54) is 13.1 Å². The van der Waals surface area contributed by atoms with Crippen molar-refractivity contribution in [1.82, 2.24) is 9.97 Å². The van der Waals surface area contributed by atoms with Crippen LogP contribution in [0.25, 0.3) is 0 Å². The second-order valence-electron chi connectivity index (χ2n) is 3.16. The van der Waals surface area contributed by atoms with Crippen LogP contribution in [-0.4, -0.2) is 35.0 Å². The molecule has 0 bridgehead atoms. The number of hydrogen-bond donors (Lipinski definition) is 1. The summed E-state index contributed by atoms with van der Waals surface area (Å²) in [5.74, 6) is -0.0571. The van der Waals surface area contributed by atoms with E-state index in [0.717, 1.165) is 0 Å². The number of H-pyrrole nitrogens is 1. The van der Waals surface area contributed by atoms with Crippen molar-refractivity contribution in [2.45, 2.75) is 27.1 Å². The van der Waals surface area contributed by atoms with Gasteiger partial charge in [-0.2, -0.15) is 0 Å². The average Bonchev–Trinajstić information content (AvgIpc) is 2.64. The number of imidazole rings is 1. The molecule has 1 rings (SSSR count). The molecule has 0 aliphatic rings. The van der Waals surface area contributed by atoms with Crippen molar-refractivity contribution in [3.63, 3.8) is 0 Å². The molecule has 17 heavy (non-hydrogen) atoms. The van der Waals surface area contributed by atoms with Gasteiger partial charge in [0.25, 0.3) is 0 Å². The third kappa shape index (κ3) is 4.13. The standard InChI is InChI=1S/C10H14N2O5/c1-4-15-10(14)17-7(3)16-9(13)8-5-11-6(2)12-8/h5,7H,4H2,1-3H3,(H,11,12). The number of carbonyl (C=O) groups is 2. The molecule has 1 heterocycles. The Bertz CT molecular complexity index is 401. The molecule has 7 nitrogen and oxygen atoms in total. The van der Waals surface area contributed by atoms with E-state index < -0.39 is 18.4 Å². The number of aromatic nitrogens is 2. The van der Waals surface area contributed by atoms with Crippen LogP contribution in [-0.2, 0) is 14.2 Å². The summed E-state index contributed by atoms with van der Waals surface area (Å²) in [4.78, 5) is 29.0. The van der Waals surface area contributed by atoms with Crippen LogP contribution in [0.1, 0.15) is 30.2 Å². The summed E-state index contributed by atoms with van der Waals surface area (Å²) in [6.45, 7) is 4.96. The van der Waals surface area contributed by atoms with E-state index in [0.29, 0.717) is 5.82 Å². The van der Waals surface area contributed by atoms with Gasteiger partial charge in [-0.05, 0) is 13.8 Å². The Labute approximate surface area is 98.1 Å². The SMILES string of the molecule is CCOC(=O)OC(C)OC(=O)c1cnc(C)[nH]1. The van der Waals surface area contributed by atoms with Crippen molar-refractivity contribution in [2.24, 2.45) is 0 Å². The first kappa shape index (κ1) is 13.0. The lowest BCUT2D eigenvalue weighted by Gasteiger charge is -2.12. The molecule has 0 aromatic carbocycles. The molecule has 0 fully saturated rings. The zero-order chi connectivity index (χ0) is 12.8. The highest BCUT2D eigenvalue weighted by molar-refractivity contribution is 5.87. The van der Waals surface area contributed by atoms with Gasteiger partial charge in [-0.15, -0.1) is 0 Å². The van der Waals surface area contributed by atoms with Crippen molar-refractivity contribution in [1.29, 1.82) is 0 Å². The molecular weight excluding hydrogens is 228 g/mol. The van der Waals surface area contributed by atoms with Gasteiger partial charge in [0, 0.05) is 6.92 Å². The Kier molecular flexibility index (Phi) is 4.50. The number of esters is 1. The van der Waals surface area contributed by atoms with Crippen molar-refractivity contribution < 1.29 is 23.8 Å². The Morgan fingerprint density at radius 3 is 2.71 bits per heavy atom. The molecule has 0 saturated heterocycles. The highest BCUT2D eigenvalue weighted by Gasteiger charge is 2.17. The van der Waals surface area contributed by atoms with Crippen molar-refractivity contribution in [3.05, 3.63) is 17.7 Å². The lowest BCUT2D eigenvalue weighted by Crippen LogP contribution is -2.22. The third-order valence-corrected chi connectivity index (χ3v) is 1.72. The van der Waals surface area contributed by atoms with E-state index in [1.54, 1.807) is 13.8 Å². The zero-order valence-electron chi connectivity index (χ0n) is 9.85. The topological polar surface area (TPSA) is 90.5 Å². The number of carbonyl (C=O) groups excluding carboxylic acids is 2. The highest BCUT2D eigenvalue weighted by atomic mass is 16.8. The van der Waals surface area contributed by atoms with Crippen molar-refractivity contribution in [2.75, 3.05) is 6.61 Å². The predicted molar refractivity (Wildman–Crippen MR) is 56.3 cm³/mol. The van der Waals surface area contributed by atoms with Gasteiger partial charge in [0.1, 0.15) is 11.5 Å². The highest BCUT2D eigenvalue weighted by Crippen LogP contribution is 2.03. The number of nitrogens with one attached hydrogen (secondary N) is 1. The summed E-state index contributed by atoms with van der Waals surface area (Å²) in [5, 5.41) is 0. The minimum atomic E-state index is -1.02. The minimum Gasteiger partial charge on any atom is -0.435 e. The molecule has 1 unspecified atom stereocenters. The molecular formula is C10H14N2O5. The van der Waals surface area contributed by atoms with E-state index in [-0.39, 0.29) is 12.3 Å². The molecule has 0 saturated carbocycles. The molecule has 0 aliphatic carbocycles. The fourth-order valence-electron chi connectivity index (χ4n) is 1.05. The normalized spacial score (nSPS) is 11.7. The largest absolute Gasteiger partial charge is 0.511 e. The van der Waals surface area contributed by atoms with Crippen LogP contribution in [0.4, 0.5) is 4.79 Å². The van der Waals surface area contributed by atoms with Crippen LogP contribution in [0.2, 0.25) is 0 Å². The van der Waals surface area contributed by atoms with Crippen LogP contribution in [0.15, 0.2) is 6.20 Å². The van der Waals surface area contributed by atoms with Crippen molar-refractivity contribution in [3.8, 4) is 0 Å². The van der Waals surface area contributed by atoms with E-state index in [1.807, 2.05) is 0 Å². The molecule has 0 amide bonds. The maximum atomic E-state index is 11.5. The number of nitrogens with zero attached hydrogens (tertiary/aromatic N) is 1. The summed E-state index contributed by atoms with van der Waals surface area (Å²) in [7, 11) is 0. The number of aromatic amines is 1. The van der Waals surface area contributed by atoms with Crippen molar-refractivity contribution >= 4 is 12.1 Å². The van der Waals surface area contributed by atoms with Crippen LogP contribution in [0.3, 0.4) is 0 Å². The second kappa shape index (κ2) is 5.88. The van der Waals surface area contributed by atoms with Gasteiger partial charge >= 0.3 is 12.1 Å². The first-order chi connectivity index (χ1) is 8.02. The quantitative estimate of drug-likeness (QED) is 0.633. The van der Waals surface area contributed by atoms with Crippen LogP contribution in [0.5, 0.6) is 0 Å². The lowest BCUT2D eigenvalue weighted by atomic mass is 10.5. The third-order valence-electron chi connectivity index (χ3n) is 1.72. The van der Waals surface area contributed by atoms with Gasteiger partial charge in [-0.1, -0.05) is 0 Å². The summed E-state index contributed by atoms with van der Waals surface area (Å²) in [5.41, 5.74) is 0.196. The minimum absolute atomic E-state index is 0.194. The summed E-state index contributed by atoms with van der Waals surface area (Å²) < 4.78 is 14.0. The summed E-state index contributed by atoms with van der Waals surface area (Å²) in [6.07, 6.45) is -0.562. The smallest absolute Gasteiger partial charge is 0.435 e. The fraction of sp³-hybridized carbons (Fsp3) is 0.500. The second-order valence-corrected chi connectivity index (χ2v) is 3.16. The monoisotopic (exact) mass is 242 g/mol. The van der Waals surface area contributed by atoms with E-state index in [9.17, 15) is 9.59 Å². The average molecular weight is 242 g/mol. The number of rotatable bonds is 4. The van der Waals surface area contributed by atoms with Gasteiger partial charge in [-0.25, -0.2) is 14.6 Å². The first-order valence-electron chi connectivity index (χ1n) is 5.09. The maximum absolute atomic E-state index is 11.5. The van der Waals surface area contributed by atoms with E-state index >= 15 is 0 Å². The van der Waals surface area contributed by atoms with Crippen LogP contribution >= 0.6 is 0 Å². The van der Waals surface area contributed by atoms with Gasteiger partial charge in [0.05, 0.1) is 12.8 Å². The molecule has 1 aromatic heterocycles. The van der Waals surface area contributed by atoms with Crippen LogP contribution < -0.4 is 0 Å². The van der Waals surface area contributed by atoms with Gasteiger partial charge < -0.3 is 19.2 Å². The van der Waals surface area contributed by atoms with E-state index in [2.05, 4.69) is 19.4 Å². The van der Waals surface area contributed by atoms with Gasteiger partial charge in [0.15, 0.2) is 0 Å². The van der Waals surface area contributed by atoms with E-state index in [4.69, 9.17) is 4.74 Å². The Hall–Kier alpha value is -2.05. The Morgan fingerprint density at radius 2 is 2.18 bits per heavy atom. The number of hydrogen-bond acceptors (Lipinski definition) is 6. The maximum Gasteiger partial charge on any atom is 0.511 e. The molecule has 1 aromatic rings. The lowest BCUT2D eigenvalue weighted by molar-refractivity contribution is -0.0813. The number of aryl methyl sites for hydroxylation is 1. The number of ether oxygens (including phenoxy) is 3. The van der Waals surface area contributed by atoms with Crippen LogP contribution in [0, 0.1) is 6.92 Å². The Balaban J connectivity index is 2.43. The molecule has 0 spiro atoms. The first-order valence-corrected chi connectivity index (χ1v) is 5.09. The summed E-state index contributed by atoms with van der Waals surface area (Å²) >= 11 is 0. The Morgan fingerprint density at radius 1 is 1.47 bits per heavy atom. The van der Waals surface area contributed by atoms with Gasteiger partial charge in [-0.3, -0.25) is 0 Å².